The summed E-state index contributed by atoms with van der Waals surface area (Å²) in [5.41, 5.74) is 2.01. The number of carboxylic acids is 1. The summed E-state index contributed by atoms with van der Waals surface area (Å²) in [6.07, 6.45) is 7.90. The maximum atomic E-state index is 11.7. The van der Waals surface area contributed by atoms with Gasteiger partial charge in [-0.3, -0.25) is 4.79 Å². The number of aliphatic carboxylic acids is 1. The summed E-state index contributed by atoms with van der Waals surface area (Å²) in [6.45, 7) is 2.18. The standard InChI is InChI=1S/C17H24O2/c1-2-6-14-7-9-15(10-8-14)13-17(16(18)19)11-4-3-5-12-17/h7-10H,2-6,11-13H2,1H3,(H,18,19). The van der Waals surface area contributed by atoms with Gasteiger partial charge in [-0.1, -0.05) is 56.9 Å². The molecule has 0 aliphatic heterocycles. The van der Waals surface area contributed by atoms with Crippen LogP contribution < -0.4 is 0 Å². The van der Waals surface area contributed by atoms with Gasteiger partial charge < -0.3 is 5.11 Å². The molecule has 1 aliphatic carbocycles. The molecule has 0 aromatic heterocycles. The number of benzene rings is 1. The first-order valence-corrected chi connectivity index (χ1v) is 7.47. The highest BCUT2D eigenvalue weighted by atomic mass is 16.4. The average molecular weight is 260 g/mol. The molecule has 2 nitrogen and oxygen atoms in total. The first kappa shape index (κ1) is 14.1. The Hall–Kier alpha value is -1.31. The number of carbonyl (C=O) groups is 1. The van der Waals surface area contributed by atoms with Crippen LogP contribution in [-0.4, -0.2) is 11.1 Å². The second-order valence-electron chi connectivity index (χ2n) is 5.89. The number of hydrogen-bond acceptors (Lipinski definition) is 1. The van der Waals surface area contributed by atoms with E-state index in [4.69, 9.17) is 0 Å². The van der Waals surface area contributed by atoms with Crippen LogP contribution in [-0.2, 0) is 17.6 Å². The fourth-order valence-electron chi connectivity index (χ4n) is 3.20. The van der Waals surface area contributed by atoms with Crippen molar-refractivity contribution < 1.29 is 9.90 Å². The summed E-state index contributed by atoms with van der Waals surface area (Å²) in [5, 5.41) is 9.59. The molecule has 0 heterocycles. The van der Waals surface area contributed by atoms with Gasteiger partial charge in [0.15, 0.2) is 0 Å². The Labute approximate surface area is 115 Å². The fourth-order valence-corrected chi connectivity index (χ4v) is 3.20. The minimum Gasteiger partial charge on any atom is -0.481 e. The zero-order chi connectivity index (χ0) is 13.7. The Morgan fingerprint density at radius 1 is 1.11 bits per heavy atom. The third-order valence-electron chi connectivity index (χ3n) is 4.37. The second-order valence-corrected chi connectivity index (χ2v) is 5.89. The predicted octanol–water partition coefficient (Wildman–Crippen LogP) is 4.22. The Kier molecular flexibility index (Phi) is 4.62. The molecular weight excluding hydrogens is 236 g/mol. The van der Waals surface area contributed by atoms with Crippen molar-refractivity contribution >= 4 is 5.97 Å². The zero-order valence-electron chi connectivity index (χ0n) is 11.8. The fraction of sp³-hybridized carbons (Fsp3) is 0.588. The maximum absolute atomic E-state index is 11.7. The highest BCUT2D eigenvalue weighted by molar-refractivity contribution is 5.75. The van der Waals surface area contributed by atoms with Crippen LogP contribution in [0.5, 0.6) is 0 Å². The van der Waals surface area contributed by atoms with Crippen LogP contribution in [0.3, 0.4) is 0 Å². The van der Waals surface area contributed by atoms with Crippen molar-refractivity contribution in [2.75, 3.05) is 0 Å². The highest BCUT2D eigenvalue weighted by Crippen LogP contribution is 2.39. The largest absolute Gasteiger partial charge is 0.481 e. The maximum Gasteiger partial charge on any atom is 0.309 e. The van der Waals surface area contributed by atoms with Gasteiger partial charge in [0.1, 0.15) is 0 Å². The van der Waals surface area contributed by atoms with Crippen molar-refractivity contribution in [1.29, 1.82) is 0 Å². The van der Waals surface area contributed by atoms with Gasteiger partial charge in [0, 0.05) is 0 Å². The molecule has 0 radical (unpaired) electrons. The van der Waals surface area contributed by atoms with Crippen molar-refractivity contribution in [3.63, 3.8) is 0 Å². The van der Waals surface area contributed by atoms with Crippen LogP contribution in [0.2, 0.25) is 0 Å². The van der Waals surface area contributed by atoms with Crippen LogP contribution in [0.4, 0.5) is 0 Å². The normalized spacial score (nSPS) is 18.2. The van der Waals surface area contributed by atoms with Gasteiger partial charge >= 0.3 is 5.97 Å². The molecule has 1 aromatic carbocycles. The molecule has 19 heavy (non-hydrogen) atoms. The molecule has 0 spiro atoms. The van der Waals surface area contributed by atoms with Crippen molar-refractivity contribution in [3.8, 4) is 0 Å². The van der Waals surface area contributed by atoms with E-state index in [2.05, 4.69) is 31.2 Å². The molecule has 1 saturated carbocycles. The lowest BCUT2D eigenvalue weighted by Crippen LogP contribution is -2.35. The second kappa shape index (κ2) is 6.23. The van der Waals surface area contributed by atoms with E-state index in [1.165, 1.54) is 17.5 Å². The van der Waals surface area contributed by atoms with E-state index in [0.717, 1.165) is 38.5 Å². The lowest BCUT2D eigenvalue weighted by atomic mass is 9.70. The van der Waals surface area contributed by atoms with Crippen molar-refractivity contribution in [2.45, 2.75) is 58.3 Å². The monoisotopic (exact) mass is 260 g/mol. The zero-order valence-corrected chi connectivity index (χ0v) is 11.8. The van der Waals surface area contributed by atoms with Crippen LogP contribution >= 0.6 is 0 Å². The molecule has 0 amide bonds. The van der Waals surface area contributed by atoms with E-state index >= 15 is 0 Å². The number of hydrogen-bond donors (Lipinski definition) is 1. The van der Waals surface area contributed by atoms with Crippen molar-refractivity contribution in [3.05, 3.63) is 35.4 Å². The summed E-state index contributed by atoms with van der Waals surface area (Å²) < 4.78 is 0. The van der Waals surface area contributed by atoms with E-state index in [1.807, 2.05) is 0 Å². The van der Waals surface area contributed by atoms with E-state index in [9.17, 15) is 9.90 Å². The molecule has 0 atom stereocenters. The molecule has 2 rings (SSSR count). The van der Waals surface area contributed by atoms with Crippen LogP contribution in [0.25, 0.3) is 0 Å². The summed E-state index contributed by atoms with van der Waals surface area (Å²) in [5.74, 6) is -0.607. The van der Waals surface area contributed by atoms with Crippen LogP contribution in [0.15, 0.2) is 24.3 Å². The molecule has 2 heteroatoms. The van der Waals surface area contributed by atoms with Gasteiger partial charge in [0.2, 0.25) is 0 Å². The summed E-state index contributed by atoms with van der Waals surface area (Å²) in [7, 11) is 0. The van der Waals surface area contributed by atoms with Crippen LogP contribution in [0.1, 0.15) is 56.6 Å². The molecule has 0 saturated heterocycles. The Balaban J connectivity index is 2.10. The Morgan fingerprint density at radius 3 is 2.21 bits per heavy atom. The first-order chi connectivity index (χ1) is 9.16. The highest BCUT2D eigenvalue weighted by Gasteiger charge is 2.39. The Bertz CT molecular complexity index is 413. The first-order valence-electron chi connectivity index (χ1n) is 7.47. The minimum absolute atomic E-state index is 0.509. The van der Waals surface area contributed by atoms with Crippen molar-refractivity contribution in [1.82, 2.24) is 0 Å². The van der Waals surface area contributed by atoms with E-state index in [0.29, 0.717) is 6.42 Å². The quantitative estimate of drug-likeness (QED) is 0.860. The summed E-state index contributed by atoms with van der Waals surface area (Å²) in [4.78, 5) is 11.7. The molecule has 1 aliphatic rings. The van der Waals surface area contributed by atoms with Gasteiger partial charge in [-0.2, -0.15) is 0 Å². The third kappa shape index (κ3) is 3.37. The molecule has 0 unspecified atom stereocenters. The average Bonchev–Trinajstić information content (AvgIpc) is 2.42. The molecule has 1 fully saturated rings. The molecule has 104 valence electrons. The van der Waals surface area contributed by atoms with E-state index in [1.54, 1.807) is 0 Å². The molecule has 0 bridgehead atoms. The lowest BCUT2D eigenvalue weighted by molar-refractivity contribution is -0.151. The van der Waals surface area contributed by atoms with Gasteiger partial charge in [-0.05, 0) is 36.8 Å². The van der Waals surface area contributed by atoms with Gasteiger partial charge in [-0.25, -0.2) is 0 Å². The smallest absolute Gasteiger partial charge is 0.309 e. The van der Waals surface area contributed by atoms with E-state index < -0.39 is 11.4 Å². The third-order valence-corrected chi connectivity index (χ3v) is 4.37. The van der Waals surface area contributed by atoms with Gasteiger partial charge in [0.25, 0.3) is 0 Å². The molecule has 1 aromatic rings. The lowest BCUT2D eigenvalue weighted by Gasteiger charge is -2.33. The van der Waals surface area contributed by atoms with E-state index in [-0.39, 0.29) is 0 Å². The number of rotatable bonds is 5. The SMILES string of the molecule is CCCc1ccc(CC2(C(=O)O)CCCCC2)cc1. The van der Waals surface area contributed by atoms with Gasteiger partial charge in [-0.15, -0.1) is 0 Å². The number of carboxylic acid groups (broad SMARTS) is 1. The summed E-state index contributed by atoms with van der Waals surface area (Å²) in [6, 6.07) is 8.53. The van der Waals surface area contributed by atoms with Crippen molar-refractivity contribution in [2.24, 2.45) is 5.41 Å². The van der Waals surface area contributed by atoms with Gasteiger partial charge in [0.05, 0.1) is 5.41 Å². The Morgan fingerprint density at radius 2 is 1.68 bits per heavy atom. The predicted molar refractivity (Wildman–Crippen MR) is 77.3 cm³/mol. The topological polar surface area (TPSA) is 37.3 Å². The minimum atomic E-state index is -0.607. The molecular formula is C17H24O2. The number of aryl methyl sites for hydroxylation is 1. The summed E-state index contributed by atoms with van der Waals surface area (Å²) >= 11 is 0. The van der Waals surface area contributed by atoms with Crippen LogP contribution in [0, 0.1) is 5.41 Å². The molecule has 1 N–H and O–H groups in total.